The average Bonchev–Trinajstić information content (AvgIpc) is 2.26. The number of carbonyl (C=O) groups is 1. The summed E-state index contributed by atoms with van der Waals surface area (Å²) in [7, 11) is 0. The van der Waals surface area contributed by atoms with E-state index in [4.69, 9.17) is 10.5 Å². The number of hydrogen-bond acceptors (Lipinski definition) is 3. The van der Waals surface area contributed by atoms with Gasteiger partial charge in [-0.2, -0.15) is 0 Å². The van der Waals surface area contributed by atoms with Crippen LogP contribution in [0, 0.1) is 0 Å². The number of nitrogens with two attached hydrogens (primary N) is 1. The van der Waals surface area contributed by atoms with Gasteiger partial charge in [0.2, 0.25) is 0 Å². The summed E-state index contributed by atoms with van der Waals surface area (Å²) >= 11 is 0. The molecule has 94 valence electrons. The van der Waals surface area contributed by atoms with Crippen LogP contribution in [-0.2, 0) is 9.53 Å². The van der Waals surface area contributed by atoms with E-state index in [0.29, 0.717) is 0 Å². The third-order valence-electron chi connectivity index (χ3n) is 2.54. The van der Waals surface area contributed by atoms with E-state index < -0.39 is 11.6 Å². The second-order valence-electron chi connectivity index (χ2n) is 5.26. The van der Waals surface area contributed by atoms with Gasteiger partial charge in [-0.3, -0.25) is 4.79 Å². The fraction of sp³-hybridized carbons (Fsp3) is 0.500. The maximum Gasteiger partial charge on any atom is 0.324 e. The van der Waals surface area contributed by atoms with E-state index in [-0.39, 0.29) is 11.9 Å². The summed E-state index contributed by atoms with van der Waals surface area (Å²) < 4.78 is 5.28. The highest BCUT2D eigenvalue weighted by atomic mass is 16.6. The lowest BCUT2D eigenvalue weighted by Crippen LogP contribution is -2.40. The number of esters is 1. The van der Waals surface area contributed by atoms with Crippen LogP contribution in [0.25, 0.3) is 0 Å². The fourth-order valence-corrected chi connectivity index (χ4v) is 1.54. The van der Waals surface area contributed by atoms with Crippen molar-refractivity contribution < 1.29 is 9.53 Å². The first-order valence-electron chi connectivity index (χ1n) is 5.84. The van der Waals surface area contributed by atoms with Crippen LogP contribution < -0.4 is 5.73 Å². The van der Waals surface area contributed by atoms with Crippen molar-refractivity contribution in [1.82, 2.24) is 0 Å². The highest BCUT2D eigenvalue weighted by molar-refractivity contribution is 5.77. The van der Waals surface area contributed by atoms with Crippen LogP contribution in [0.5, 0.6) is 0 Å². The molecule has 0 aliphatic carbocycles. The van der Waals surface area contributed by atoms with Gasteiger partial charge in [-0.05, 0) is 26.3 Å². The normalized spacial score (nSPS) is 15.1. The van der Waals surface area contributed by atoms with Crippen molar-refractivity contribution in [2.24, 2.45) is 5.73 Å². The molecule has 0 unspecified atom stereocenters. The smallest absolute Gasteiger partial charge is 0.324 e. The largest absolute Gasteiger partial charge is 0.459 e. The van der Waals surface area contributed by atoms with E-state index in [2.05, 4.69) is 0 Å². The topological polar surface area (TPSA) is 52.3 Å². The van der Waals surface area contributed by atoms with Gasteiger partial charge in [-0.15, -0.1) is 0 Å². The molecular weight excluding hydrogens is 214 g/mol. The molecule has 0 amide bonds. The van der Waals surface area contributed by atoms with Crippen LogP contribution in [0.2, 0.25) is 0 Å². The van der Waals surface area contributed by atoms with Crippen LogP contribution in [-0.4, -0.2) is 17.6 Å². The van der Waals surface area contributed by atoms with E-state index in [9.17, 15) is 4.79 Å². The van der Waals surface area contributed by atoms with E-state index in [1.54, 1.807) is 0 Å². The summed E-state index contributed by atoms with van der Waals surface area (Å²) in [6.07, 6.45) is 0. The Morgan fingerprint density at radius 3 is 2.24 bits per heavy atom. The molecule has 0 aliphatic rings. The van der Waals surface area contributed by atoms with Crippen molar-refractivity contribution in [2.75, 3.05) is 0 Å². The van der Waals surface area contributed by atoms with Crippen LogP contribution in [0.15, 0.2) is 30.3 Å². The van der Waals surface area contributed by atoms with Gasteiger partial charge in [-0.25, -0.2) is 0 Å². The predicted octanol–water partition coefficient (Wildman–Crippen LogP) is 2.46. The van der Waals surface area contributed by atoms with Crippen molar-refractivity contribution in [3.05, 3.63) is 35.9 Å². The first-order valence-corrected chi connectivity index (χ1v) is 5.84. The Morgan fingerprint density at radius 2 is 1.76 bits per heavy atom. The van der Waals surface area contributed by atoms with Gasteiger partial charge in [0.25, 0.3) is 0 Å². The predicted molar refractivity (Wildman–Crippen MR) is 68.7 cm³/mol. The summed E-state index contributed by atoms with van der Waals surface area (Å²) in [5.41, 5.74) is 6.48. The zero-order chi connectivity index (χ0) is 13.1. The summed E-state index contributed by atoms with van der Waals surface area (Å²) in [5, 5.41) is 0. The van der Waals surface area contributed by atoms with E-state index in [0.717, 1.165) is 5.56 Å². The zero-order valence-corrected chi connectivity index (χ0v) is 10.9. The van der Waals surface area contributed by atoms with Crippen molar-refractivity contribution in [2.45, 2.75) is 45.3 Å². The summed E-state index contributed by atoms with van der Waals surface area (Å²) in [4.78, 5) is 11.8. The summed E-state index contributed by atoms with van der Waals surface area (Å²) in [5.74, 6) is -0.403. The molecule has 1 rings (SSSR count). The molecule has 0 aromatic heterocycles. The molecule has 0 radical (unpaired) electrons. The van der Waals surface area contributed by atoms with E-state index >= 15 is 0 Å². The lowest BCUT2D eigenvalue weighted by atomic mass is 9.94. The zero-order valence-electron chi connectivity index (χ0n) is 10.9. The molecule has 0 saturated carbocycles. The molecule has 2 N–H and O–H groups in total. The summed E-state index contributed by atoms with van der Waals surface area (Å²) in [6.45, 7) is 7.45. The monoisotopic (exact) mass is 235 g/mol. The third-order valence-corrected chi connectivity index (χ3v) is 2.54. The minimum absolute atomic E-state index is 0.0500. The van der Waals surface area contributed by atoms with Gasteiger partial charge in [0.1, 0.15) is 11.6 Å². The maximum absolute atomic E-state index is 11.8. The molecule has 3 nitrogen and oxygen atoms in total. The molecule has 1 aromatic rings. The third kappa shape index (κ3) is 4.19. The van der Waals surface area contributed by atoms with Crippen molar-refractivity contribution in [1.29, 1.82) is 0 Å². The Labute approximate surface area is 103 Å². The van der Waals surface area contributed by atoms with Gasteiger partial charge in [-0.1, -0.05) is 37.3 Å². The van der Waals surface area contributed by atoms with E-state index in [1.165, 1.54) is 0 Å². The lowest BCUT2D eigenvalue weighted by Gasteiger charge is -2.25. The van der Waals surface area contributed by atoms with Crippen molar-refractivity contribution in [3.8, 4) is 0 Å². The fourth-order valence-electron chi connectivity index (χ4n) is 1.54. The standard InChI is InChI=1S/C14H21NO2/c1-10(11-8-6-5-7-9-11)12(15)13(16)17-14(2,3)4/h5-10,12H,15H2,1-4H3/t10-,12+/m1/s1. The molecule has 0 fully saturated rings. The molecule has 0 bridgehead atoms. The Kier molecular flexibility index (Phi) is 4.29. The van der Waals surface area contributed by atoms with Crippen LogP contribution in [0.4, 0.5) is 0 Å². The molecule has 17 heavy (non-hydrogen) atoms. The van der Waals surface area contributed by atoms with Crippen molar-refractivity contribution in [3.63, 3.8) is 0 Å². The van der Waals surface area contributed by atoms with Gasteiger partial charge >= 0.3 is 5.97 Å². The number of rotatable bonds is 3. The highest BCUT2D eigenvalue weighted by Gasteiger charge is 2.27. The highest BCUT2D eigenvalue weighted by Crippen LogP contribution is 2.20. The number of benzene rings is 1. The molecule has 0 heterocycles. The molecule has 0 spiro atoms. The minimum Gasteiger partial charge on any atom is -0.459 e. The van der Waals surface area contributed by atoms with Crippen LogP contribution in [0.1, 0.15) is 39.2 Å². The van der Waals surface area contributed by atoms with Crippen molar-refractivity contribution >= 4 is 5.97 Å². The molecule has 0 saturated heterocycles. The number of ether oxygens (including phenoxy) is 1. The number of carbonyl (C=O) groups excluding carboxylic acids is 1. The molecule has 1 aromatic carbocycles. The molecule has 0 aliphatic heterocycles. The molecule has 2 atom stereocenters. The molecular formula is C14H21NO2. The van der Waals surface area contributed by atoms with Crippen LogP contribution >= 0.6 is 0 Å². The van der Waals surface area contributed by atoms with E-state index in [1.807, 2.05) is 58.0 Å². The minimum atomic E-state index is -0.628. The average molecular weight is 235 g/mol. The Balaban J connectivity index is 2.70. The van der Waals surface area contributed by atoms with Crippen LogP contribution in [0.3, 0.4) is 0 Å². The molecule has 3 heteroatoms. The summed E-state index contributed by atoms with van der Waals surface area (Å²) in [6, 6.07) is 9.12. The van der Waals surface area contributed by atoms with Gasteiger partial charge in [0.05, 0.1) is 0 Å². The first-order chi connectivity index (χ1) is 7.81. The Morgan fingerprint density at radius 1 is 1.24 bits per heavy atom. The van der Waals surface area contributed by atoms with Gasteiger partial charge < -0.3 is 10.5 Å². The lowest BCUT2D eigenvalue weighted by molar-refractivity contribution is -0.156. The quantitative estimate of drug-likeness (QED) is 0.819. The maximum atomic E-state index is 11.8. The SMILES string of the molecule is C[C@H](c1ccccc1)[C@H](N)C(=O)OC(C)(C)C. The Hall–Kier alpha value is -1.35. The van der Waals surface area contributed by atoms with Gasteiger partial charge in [0.15, 0.2) is 0 Å². The first kappa shape index (κ1) is 13.7. The Bertz CT molecular complexity index is 368. The second-order valence-corrected chi connectivity index (χ2v) is 5.26. The number of hydrogen-bond donors (Lipinski definition) is 1. The van der Waals surface area contributed by atoms with Gasteiger partial charge in [0, 0.05) is 5.92 Å². The second kappa shape index (κ2) is 5.32.